The number of fused-ring (bicyclic) bond motifs is 1. The summed E-state index contributed by atoms with van der Waals surface area (Å²) in [7, 11) is 0. The Labute approximate surface area is 246 Å². The molecule has 3 heterocycles. The van der Waals surface area contributed by atoms with Crippen molar-refractivity contribution in [1.29, 1.82) is 0 Å². The Morgan fingerprint density at radius 2 is 1.72 bits per heavy atom. The zero-order chi connectivity index (χ0) is 31.9. The first-order chi connectivity index (χ1) is 20.3. The topological polar surface area (TPSA) is 204 Å². The Kier molecular flexibility index (Phi) is 11.0. The van der Waals surface area contributed by atoms with Gasteiger partial charge in [-0.05, 0) is 0 Å². The standard InChI is InChI=1S/C27H34FN5O10/c1-6-27(17(34)9-18(43-27)33-13-30-21-22(29)31-26(28)32-23(21)33)12-41-19(35)7-8-20(36)42-16(10-39-24(37)14(2)3)11-40-25(38)15(4)5/h1,13-18,34H,7-12H2,2-5H3,(H2,29,31,32)/t17-,18+,27+/m0/s1. The molecule has 2 aromatic rings. The molecule has 3 atom stereocenters. The van der Waals surface area contributed by atoms with Crippen molar-refractivity contribution in [3.8, 4) is 12.3 Å². The van der Waals surface area contributed by atoms with Gasteiger partial charge in [-0.15, -0.1) is 6.42 Å². The van der Waals surface area contributed by atoms with E-state index in [4.69, 9.17) is 35.8 Å². The van der Waals surface area contributed by atoms with Crippen molar-refractivity contribution < 1.29 is 52.4 Å². The summed E-state index contributed by atoms with van der Waals surface area (Å²) in [5, 5.41) is 10.7. The Morgan fingerprint density at radius 3 is 2.30 bits per heavy atom. The number of nitrogen functional groups attached to an aromatic ring is 1. The number of imidazole rings is 1. The van der Waals surface area contributed by atoms with Gasteiger partial charge in [0, 0.05) is 6.42 Å². The minimum Gasteiger partial charge on any atom is -0.461 e. The van der Waals surface area contributed by atoms with Crippen molar-refractivity contribution >= 4 is 40.9 Å². The number of aromatic nitrogens is 4. The normalized spacial score (nSPS) is 19.9. The molecule has 43 heavy (non-hydrogen) atoms. The number of nitrogens with two attached hydrogens (primary N) is 1. The van der Waals surface area contributed by atoms with E-state index in [1.54, 1.807) is 27.7 Å². The first kappa shape index (κ1) is 33.1. The van der Waals surface area contributed by atoms with Crippen LogP contribution in [0.1, 0.15) is 53.2 Å². The average Bonchev–Trinajstić information content (AvgIpc) is 3.52. The molecule has 0 amide bonds. The van der Waals surface area contributed by atoms with Gasteiger partial charge in [0.15, 0.2) is 28.7 Å². The monoisotopic (exact) mass is 607 g/mol. The smallest absolute Gasteiger partial charge is 0.312 e. The highest BCUT2D eigenvalue weighted by Gasteiger charge is 2.49. The second kappa shape index (κ2) is 14.2. The van der Waals surface area contributed by atoms with Crippen molar-refractivity contribution in [3.05, 3.63) is 12.4 Å². The Morgan fingerprint density at radius 1 is 1.12 bits per heavy atom. The minimum absolute atomic E-state index is 0.0155. The molecule has 0 bridgehead atoms. The lowest BCUT2D eigenvalue weighted by molar-refractivity contribution is -0.170. The molecule has 15 nitrogen and oxygen atoms in total. The van der Waals surface area contributed by atoms with Crippen LogP contribution in [0.15, 0.2) is 6.33 Å². The number of ether oxygens (including phenoxy) is 5. The Hall–Kier alpha value is -4.36. The van der Waals surface area contributed by atoms with Crippen molar-refractivity contribution in [1.82, 2.24) is 19.5 Å². The third-order valence-electron chi connectivity index (χ3n) is 6.33. The molecular weight excluding hydrogens is 573 g/mol. The molecule has 0 unspecified atom stereocenters. The zero-order valence-corrected chi connectivity index (χ0v) is 24.1. The van der Waals surface area contributed by atoms with Crippen LogP contribution in [0.2, 0.25) is 0 Å². The molecule has 1 aliphatic rings. The van der Waals surface area contributed by atoms with Crippen LogP contribution >= 0.6 is 0 Å². The highest BCUT2D eigenvalue weighted by Crippen LogP contribution is 2.38. The molecule has 2 aromatic heterocycles. The number of rotatable bonds is 13. The van der Waals surface area contributed by atoms with Gasteiger partial charge in [0.05, 0.1) is 31.0 Å². The molecule has 1 aliphatic heterocycles. The van der Waals surface area contributed by atoms with Crippen molar-refractivity contribution in [3.63, 3.8) is 0 Å². The van der Waals surface area contributed by atoms with Gasteiger partial charge >= 0.3 is 30.0 Å². The third kappa shape index (κ3) is 8.36. The summed E-state index contributed by atoms with van der Waals surface area (Å²) in [6.07, 6.45) is 1.56. The van der Waals surface area contributed by atoms with Crippen molar-refractivity contribution in [2.75, 3.05) is 25.6 Å². The van der Waals surface area contributed by atoms with E-state index in [0.29, 0.717) is 0 Å². The van der Waals surface area contributed by atoms with Crippen LogP contribution in [-0.4, -0.2) is 86.1 Å². The molecule has 234 valence electrons. The summed E-state index contributed by atoms with van der Waals surface area (Å²) >= 11 is 0. The Balaban J connectivity index is 1.55. The maximum atomic E-state index is 13.7. The lowest BCUT2D eigenvalue weighted by Crippen LogP contribution is -2.43. The van der Waals surface area contributed by atoms with Gasteiger partial charge in [0.25, 0.3) is 0 Å². The summed E-state index contributed by atoms with van der Waals surface area (Å²) < 4.78 is 41.6. The van der Waals surface area contributed by atoms with Crippen LogP contribution in [-0.2, 0) is 42.9 Å². The largest absolute Gasteiger partial charge is 0.461 e. The number of hydrogen-bond acceptors (Lipinski definition) is 14. The molecule has 0 aliphatic carbocycles. The van der Waals surface area contributed by atoms with Crippen LogP contribution in [0.3, 0.4) is 0 Å². The van der Waals surface area contributed by atoms with E-state index in [1.165, 1.54) is 10.9 Å². The minimum atomic E-state index is -1.76. The van der Waals surface area contributed by atoms with Crippen molar-refractivity contribution in [2.45, 2.75) is 71.0 Å². The maximum absolute atomic E-state index is 13.7. The molecule has 16 heteroatoms. The van der Waals surface area contributed by atoms with Gasteiger partial charge in [0.1, 0.15) is 32.2 Å². The highest BCUT2D eigenvalue weighted by atomic mass is 19.1. The van der Waals surface area contributed by atoms with Crippen LogP contribution in [0.5, 0.6) is 0 Å². The predicted molar refractivity (Wildman–Crippen MR) is 144 cm³/mol. The summed E-state index contributed by atoms with van der Waals surface area (Å²) in [5.74, 6) is -1.49. The SMILES string of the molecule is C#C[C@]1(COC(=O)CCC(=O)OC(COC(=O)C(C)C)COC(=O)C(C)C)O[C@@H](n2cnc3c(N)nc(F)nc32)C[C@@H]1O. The van der Waals surface area contributed by atoms with Crippen LogP contribution in [0, 0.1) is 30.3 Å². The molecule has 0 saturated carbocycles. The van der Waals surface area contributed by atoms with E-state index in [2.05, 4.69) is 20.9 Å². The summed E-state index contributed by atoms with van der Waals surface area (Å²) in [5.41, 5.74) is 4.06. The second-order valence-electron chi connectivity index (χ2n) is 10.4. The van der Waals surface area contributed by atoms with Gasteiger partial charge in [-0.25, -0.2) is 4.98 Å². The molecule has 0 radical (unpaired) electrons. The van der Waals surface area contributed by atoms with Gasteiger partial charge in [-0.3, -0.25) is 23.7 Å². The average molecular weight is 608 g/mol. The number of aliphatic hydroxyl groups is 1. The van der Waals surface area contributed by atoms with E-state index in [0.717, 1.165) is 0 Å². The third-order valence-corrected chi connectivity index (χ3v) is 6.33. The molecule has 0 spiro atoms. The maximum Gasteiger partial charge on any atom is 0.312 e. The molecular formula is C27H34FN5O10. The fourth-order valence-electron chi connectivity index (χ4n) is 3.85. The summed E-state index contributed by atoms with van der Waals surface area (Å²) in [6.45, 7) is 5.24. The molecule has 3 N–H and O–H groups in total. The summed E-state index contributed by atoms with van der Waals surface area (Å²) in [4.78, 5) is 59.6. The van der Waals surface area contributed by atoms with E-state index in [-0.39, 0.29) is 36.6 Å². The number of nitrogens with zero attached hydrogens (tertiary/aromatic N) is 4. The number of anilines is 1. The second-order valence-corrected chi connectivity index (χ2v) is 10.4. The van der Waals surface area contributed by atoms with Crippen molar-refractivity contribution in [2.24, 2.45) is 11.8 Å². The fraction of sp³-hybridized carbons (Fsp3) is 0.593. The first-order valence-corrected chi connectivity index (χ1v) is 13.4. The lowest BCUT2D eigenvalue weighted by Gasteiger charge is -2.26. The number of aliphatic hydroxyl groups excluding tert-OH is 1. The molecule has 3 rings (SSSR count). The van der Waals surface area contributed by atoms with Gasteiger partial charge in [-0.1, -0.05) is 33.6 Å². The number of terminal acetylenes is 1. The van der Waals surface area contributed by atoms with Gasteiger partial charge in [-0.2, -0.15) is 14.4 Å². The lowest BCUT2D eigenvalue weighted by atomic mass is 9.99. The van der Waals surface area contributed by atoms with Crippen LogP contribution < -0.4 is 5.73 Å². The van der Waals surface area contributed by atoms with Gasteiger partial charge < -0.3 is 34.5 Å². The summed E-state index contributed by atoms with van der Waals surface area (Å²) in [6, 6.07) is 0. The van der Waals surface area contributed by atoms with Crippen LogP contribution in [0.4, 0.5) is 10.2 Å². The quantitative estimate of drug-likeness (QED) is 0.140. The highest BCUT2D eigenvalue weighted by molar-refractivity contribution is 5.81. The van der Waals surface area contributed by atoms with E-state index in [9.17, 15) is 28.7 Å². The molecule has 1 fully saturated rings. The number of esters is 4. The Bertz CT molecular complexity index is 1370. The van der Waals surface area contributed by atoms with E-state index < -0.39 is 85.3 Å². The van der Waals surface area contributed by atoms with E-state index in [1.807, 2.05) is 0 Å². The first-order valence-electron chi connectivity index (χ1n) is 13.4. The fourth-order valence-corrected chi connectivity index (χ4v) is 3.85. The molecule has 1 saturated heterocycles. The number of hydrogen-bond donors (Lipinski definition) is 2. The number of halogens is 1. The zero-order valence-electron chi connectivity index (χ0n) is 24.1. The predicted octanol–water partition coefficient (Wildman–Crippen LogP) is 0.833. The van der Waals surface area contributed by atoms with Gasteiger partial charge in [0.2, 0.25) is 0 Å². The number of carbonyl (C=O) groups is 4. The van der Waals surface area contributed by atoms with E-state index >= 15 is 0 Å². The number of carbonyl (C=O) groups excluding carboxylic acids is 4. The molecule has 0 aromatic carbocycles. The van der Waals surface area contributed by atoms with Crippen LogP contribution in [0.25, 0.3) is 11.2 Å².